The van der Waals surface area contributed by atoms with Gasteiger partial charge in [-0.15, -0.1) is 0 Å². The van der Waals surface area contributed by atoms with Gasteiger partial charge < -0.3 is 18.4 Å². The van der Waals surface area contributed by atoms with Gasteiger partial charge >= 0.3 is 5.97 Å². The second kappa shape index (κ2) is 7.02. The summed E-state index contributed by atoms with van der Waals surface area (Å²) in [5.41, 5.74) is 0.475. The van der Waals surface area contributed by atoms with Crippen LogP contribution in [0.1, 0.15) is 5.69 Å². The van der Waals surface area contributed by atoms with Crippen LogP contribution < -0.4 is 4.74 Å². The molecule has 0 fully saturated rings. The van der Waals surface area contributed by atoms with Crippen molar-refractivity contribution < 1.29 is 23.2 Å². The first-order chi connectivity index (χ1) is 11.2. The highest BCUT2D eigenvalue weighted by atomic mass is 35.5. The van der Waals surface area contributed by atoms with Gasteiger partial charge in [-0.25, -0.2) is 4.79 Å². The van der Waals surface area contributed by atoms with Crippen molar-refractivity contribution >= 4 is 17.6 Å². The number of carbonyl (C=O) groups excluding carboxylic acids is 1. The molecule has 0 aliphatic heterocycles. The average molecular weight is 334 g/mol. The van der Waals surface area contributed by atoms with Crippen LogP contribution in [0, 0.1) is 0 Å². The monoisotopic (exact) mass is 333 g/mol. The van der Waals surface area contributed by atoms with E-state index in [4.69, 9.17) is 30.0 Å². The molecular weight excluding hydrogens is 322 g/mol. The molecule has 0 radical (unpaired) electrons. The Balaban J connectivity index is 1.49. The number of furan rings is 1. The van der Waals surface area contributed by atoms with Crippen LogP contribution in [0.4, 0.5) is 0 Å². The number of hydrogen-bond donors (Lipinski definition) is 0. The lowest BCUT2D eigenvalue weighted by Gasteiger charge is -2.07. The largest absolute Gasteiger partial charge is 0.480 e. The number of esters is 1. The molecule has 7 heteroatoms. The summed E-state index contributed by atoms with van der Waals surface area (Å²) in [6.07, 6.45) is 1.53. The van der Waals surface area contributed by atoms with Crippen LogP contribution in [-0.2, 0) is 16.1 Å². The minimum Gasteiger partial charge on any atom is -0.480 e. The molecule has 0 atom stereocenters. The molecule has 6 nitrogen and oxygen atoms in total. The van der Waals surface area contributed by atoms with Gasteiger partial charge in [-0.05, 0) is 24.3 Å². The van der Waals surface area contributed by atoms with E-state index in [9.17, 15) is 4.79 Å². The van der Waals surface area contributed by atoms with E-state index in [2.05, 4.69) is 5.16 Å². The summed E-state index contributed by atoms with van der Waals surface area (Å²) in [5, 5.41) is 4.23. The Morgan fingerprint density at radius 3 is 2.83 bits per heavy atom. The molecule has 23 heavy (non-hydrogen) atoms. The third-order valence-electron chi connectivity index (χ3n) is 2.89. The number of benzene rings is 1. The minimum atomic E-state index is -0.535. The van der Waals surface area contributed by atoms with Crippen molar-refractivity contribution in [3.63, 3.8) is 0 Å². The Bertz CT molecular complexity index is 781. The maximum atomic E-state index is 11.7. The zero-order chi connectivity index (χ0) is 16.1. The van der Waals surface area contributed by atoms with Crippen LogP contribution in [0.5, 0.6) is 5.75 Å². The van der Waals surface area contributed by atoms with E-state index in [1.807, 2.05) is 0 Å². The Hall–Kier alpha value is -2.73. The van der Waals surface area contributed by atoms with Crippen molar-refractivity contribution in [2.24, 2.45) is 0 Å². The minimum absolute atomic E-state index is 0.0189. The number of aromatic nitrogens is 1. The molecule has 0 aliphatic carbocycles. The molecule has 0 spiro atoms. The van der Waals surface area contributed by atoms with Crippen molar-refractivity contribution in [2.45, 2.75) is 6.61 Å². The van der Waals surface area contributed by atoms with Crippen molar-refractivity contribution in [3.8, 4) is 17.3 Å². The standard InChI is InChI=1S/C16H12ClNO5/c17-12-4-1-2-5-13(12)21-10-16(19)22-9-11-8-15(23-18-11)14-6-3-7-20-14/h1-8H,9-10H2. The normalized spacial score (nSPS) is 10.5. The SMILES string of the molecule is O=C(COc1ccccc1Cl)OCc1cc(-c2ccco2)on1. The molecule has 0 bridgehead atoms. The van der Waals surface area contributed by atoms with Crippen LogP contribution in [0.2, 0.25) is 5.02 Å². The average Bonchev–Trinajstić information content (AvgIpc) is 3.23. The second-order valence-electron chi connectivity index (χ2n) is 4.54. The van der Waals surface area contributed by atoms with Gasteiger partial charge in [0.15, 0.2) is 12.4 Å². The van der Waals surface area contributed by atoms with E-state index in [0.29, 0.717) is 28.0 Å². The molecule has 118 valence electrons. The predicted molar refractivity (Wildman–Crippen MR) is 80.9 cm³/mol. The summed E-state index contributed by atoms with van der Waals surface area (Å²) in [5.74, 6) is 0.908. The number of hydrogen-bond acceptors (Lipinski definition) is 6. The zero-order valence-corrected chi connectivity index (χ0v) is 12.7. The molecule has 2 aromatic heterocycles. The summed E-state index contributed by atoms with van der Waals surface area (Å²) in [6, 6.07) is 12.0. The molecular formula is C16H12ClNO5. The number of nitrogens with zero attached hydrogens (tertiary/aromatic N) is 1. The highest BCUT2D eigenvalue weighted by molar-refractivity contribution is 6.32. The second-order valence-corrected chi connectivity index (χ2v) is 4.95. The first-order valence-electron chi connectivity index (χ1n) is 6.75. The van der Waals surface area contributed by atoms with Crippen LogP contribution in [0.25, 0.3) is 11.5 Å². The Kier molecular flexibility index (Phi) is 4.63. The molecule has 0 N–H and O–H groups in total. The van der Waals surface area contributed by atoms with E-state index < -0.39 is 5.97 Å². The van der Waals surface area contributed by atoms with Gasteiger partial charge in [-0.1, -0.05) is 28.9 Å². The molecule has 2 heterocycles. The van der Waals surface area contributed by atoms with Crippen LogP contribution in [-0.4, -0.2) is 17.7 Å². The molecule has 0 unspecified atom stereocenters. The fourth-order valence-electron chi connectivity index (χ4n) is 1.81. The summed E-state index contributed by atoms with van der Waals surface area (Å²) >= 11 is 5.92. The number of para-hydroxylation sites is 1. The number of ether oxygens (including phenoxy) is 2. The van der Waals surface area contributed by atoms with Crippen LogP contribution in [0.3, 0.4) is 0 Å². The topological polar surface area (TPSA) is 74.7 Å². The molecule has 0 saturated heterocycles. The summed E-state index contributed by atoms with van der Waals surface area (Å²) in [6.45, 7) is -0.262. The first kappa shape index (κ1) is 15.2. The van der Waals surface area contributed by atoms with E-state index in [1.54, 1.807) is 42.5 Å². The number of halogens is 1. The van der Waals surface area contributed by atoms with Crippen molar-refractivity contribution in [2.75, 3.05) is 6.61 Å². The summed E-state index contributed by atoms with van der Waals surface area (Å²) in [7, 11) is 0. The van der Waals surface area contributed by atoms with Gasteiger partial charge in [0, 0.05) is 6.07 Å². The molecule has 1 aromatic carbocycles. The first-order valence-corrected chi connectivity index (χ1v) is 7.12. The van der Waals surface area contributed by atoms with Gasteiger partial charge in [-0.2, -0.15) is 0 Å². The third-order valence-corrected chi connectivity index (χ3v) is 3.20. The summed E-state index contributed by atoms with van der Waals surface area (Å²) < 4.78 is 20.6. The quantitative estimate of drug-likeness (QED) is 0.640. The fourth-order valence-corrected chi connectivity index (χ4v) is 2.00. The molecule has 3 rings (SSSR count). The molecule has 3 aromatic rings. The summed E-state index contributed by atoms with van der Waals surface area (Å²) in [4.78, 5) is 11.7. The van der Waals surface area contributed by atoms with Crippen molar-refractivity contribution in [1.29, 1.82) is 0 Å². The Morgan fingerprint density at radius 2 is 2.04 bits per heavy atom. The van der Waals surface area contributed by atoms with E-state index in [0.717, 1.165) is 0 Å². The van der Waals surface area contributed by atoms with Crippen LogP contribution >= 0.6 is 11.6 Å². The maximum absolute atomic E-state index is 11.7. The highest BCUT2D eigenvalue weighted by Crippen LogP contribution is 2.23. The van der Waals surface area contributed by atoms with Crippen molar-refractivity contribution in [1.82, 2.24) is 5.16 Å². The highest BCUT2D eigenvalue weighted by Gasteiger charge is 2.12. The molecule has 0 aliphatic rings. The Labute approximate surface area is 136 Å². The van der Waals surface area contributed by atoms with E-state index in [1.165, 1.54) is 6.26 Å². The van der Waals surface area contributed by atoms with E-state index in [-0.39, 0.29) is 13.2 Å². The number of rotatable bonds is 6. The smallest absolute Gasteiger partial charge is 0.344 e. The molecule has 0 saturated carbocycles. The van der Waals surface area contributed by atoms with Gasteiger partial charge in [0.05, 0.1) is 11.3 Å². The lowest BCUT2D eigenvalue weighted by Crippen LogP contribution is -2.14. The molecule has 0 amide bonds. The maximum Gasteiger partial charge on any atom is 0.344 e. The lowest BCUT2D eigenvalue weighted by molar-refractivity contribution is -0.147. The zero-order valence-electron chi connectivity index (χ0n) is 11.9. The van der Waals surface area contributed by atoms with E-state index >= 15 is 0 Å². The fraction of sp³-hybridized carbons (Fsp3) is 0.125. The van der Waals surface area contributed by atoms with Gasteiger partial charge in [0.2, 0.25) is 5.76 Å². The van der Waals surface area contributed by atoms with Crippen molar-refractivity contribution in [3.05, 3.63) is 59.4 Å². The van der Waals surface area contributed by atoms with Gasteiger partial charge in [0.25, 0.3) is 0 Å². The third kappa shape index (κ3) is 3.92. The predicted octanol–water partition coefficient (Wildman–Crippen LogP) is 3.71. The lowest BCUT2D eigenvalue weighted by atomic mass is 10.3. The van der Waals surface area contributed by atoms with Gasteiger partial charge in [0.1, 0.15) is 18.1 Å². The van der Waals surface area contributed by atoms with Gasteiger partial charge in [-0.3, -0.25) is 0 Å². The van der Waals surface area contributed by atoms with Crippen LogP contribution in [0.15, 0.2) is 57.7 Å². The Morgan fingerprint density at radius 1 is 1.17 bits per heavy atom. The number of carbonyl (C=O) groups is 1.